The lowest BCUT2D eigenvalue weighted by atomic mass is 9.88. The summed E-state index contributed by atoms with van der Waals surface area (Å²) in [6, 6.07) is 6.43. The van der Waals surface area contributed by atoms with E-state index < -0.39 is 55.8 Å². The van der Waals surface area contributed by atoms with E-state index in [1.807, 2.05) is 0 Å². The van der Waals surface area contributed by atoms with E-state index in [9.17, 15) is 23.5 Å². The van der Waals surface area contributed by atoms with Crippen molar-refractivity contribution in [1.29, 1.82) is 0 Å². The van der Waals surface area contributed by atoms with Crippen molar-refractivity contribution >= 4 is 26.0 Å². The van der Waals surface area contributed by atoms with Crippen LogP contribution in [0.2, 0.25) is 18.1 Å². The van der Waals surface area contributed by atoms with E-state index in [1.54, 1.807) is 0 Å². The number of nitrogens with zero attached hydrogens (tertiary/aromatic N) is 3. The van der Waals surface area contributed by atoms with Crippen molar-refractivity contribution in [3.05, 3.63) is 89.3 Å². The maximum Gasteiger partial charge on any atom is 0.407 e. The van der Waals surface area contributed by atoms with E-state index in [4.69, 9.17) is 9.16 Å². The molecule has 9 nitrogen and oxygen atoms in total. The summed E-state index contributed by atoms with van der Waals surface area (Å²) in [4.78, 5) is 34.4. The molecule has 0 radical (unpaired) electrons. The molecule has 2 aromatic heterocycles. The Morgan fingerprint density at radius 2 is 1.78 bits per heavy atom. The van der Waals surface area contributed by atoms with Gasteiger partial charge in [0, 0.05) is 24.1 Å². The summed E-state index contributed by atoms with van der Waals surface area (Å²) in [6.07, 6.45) is 3.42. The Labute approximate surface area is 268 Å². The highest BCUT2D eigenvalue weighted by molar-refractivity contribution is 6.74. The quantitative estimate of drug-likeness (QED) is 0.219. The van der Waals surface area contributed by atoms with Crippen LogP contribution in [0.15, 0.2) is 55.1 Å². The Morgan fingerprint density at radius 1 is 1.09 bits per heavy atom. The van der Waals surface area contributed by atoms with Crippen LogP contribution in [-0.2, 0) is 20.4 Å². The van der Waals surface area contributed by atoms with Gasteiger partial charge in [0.25, 0.3) is 0 Å². The topological polar surface area (TPSA) is 114 Å². The molecule has 3 heterocycles. The monoisotopic (exact) mass is 658 g/mol. The number of hydrogen-bond donors (Lipinski definition) is 2. The molecule has 2 N–H and O–H groups in total. The first-order valence-corrected chi connectivity index (χ1v) is 18.1. The van der Waals surface area contributed by atoms with Crippen LogP contribution in [0.4, 0.5) is 23.7 Å². The van der Waals surface area contributed by atoms with Gasteiger partial charge in [-0.3, -0.25) is 19.7 Å². The van der Waals surface area contributed by atoms with Crippen molar-refractivity contribution < 1.29 is 37.0 Å². The predicted molar refractivity (Wildman–Crippen MR) is 170 cm³/mol. The van der Waals surface area contributed by atoms with Gasteiger partial charge < -0.3 is 19.6 Å². The van der Waals surface area contributed by atoms with Gasteiger partial charge in [-0.15, -0.1) is 0 Å². The summed E-state index contributed by atoms with van der Waals surface area (Å²) in [5.41, 5.74) is 1.06. The third-order valence-electron chi connectivity index (χ3n) is 8.89. The molecule has 248 valence electrons. The van der Waals surface area contributed by atoms with E-state index in [2.05, 4.69) is 49.1 Å². The SMILES string of the molecule is CC(C)(C)[Si](C)(C)OCC1COC(CCc2c(F)cncc2NC(=O)CC(c2ccc(F)cc2)c2ccncc2F)CN1C(=O)O. The van der Waals surface area contributed by atoms with Gasteiger partial charge in [-0.2, -0.15) is 0 Å². The third-order valence-corrected chi connectivity index (χ3v) is 13.4. The summed E-state index contributed by atoms with van der Waals surface area (Å²) in [7, 11) is -2.10. The van der Waals surface area contributed by atoms with Crippen molar-refractivity contribution in [3.8, 4) is 0 Å². The standard InChI is InChI=1S/C33H41F3N4O5Si/c1-33(2,3)46(4,5)45-20-23-19-44-24(18-40(23)32(42)43)10-11-26-29(36)16-38-17-30(26)39-31(41)14-27(21-6-8-22(34)9-7-21)25-12-13-37-15-28(25)35/h6-9,12-13,15-17,23-24,27H,10-11,14,18-20H2,1-5H3,(H,39,41)(H,42,43). The number of nitrogens with one attached hydrogen (secondary N) is 1. The van der Waals surface area contributed by atoms with Gasteiger partial charge in [0.1, 0.15) is 17.5 Å². The van der Waals surface area contributed by atoms with E-state index in [1.165, 1.54) is 47.6 Å². The molecular weight excluding hydrogens is 617 g/mol. The molecule has 1 aromatic carbocycles. The Bertz CT molecular complexity index is 1520. The second-order valence-corrected chi connectivity index (χ2v) is 17.9. The molecule has 13 heteroatoms. The number of aromatic nitrogens is 2. The molecular formula is C33H41F3N4O5Si. The van der Waals surface area contributed by atoms with Crippen LogP contribution >= 0.6 is 0 Å². The summed E-state index contributed by atoms with van der Waals surface area (Å²) < 4.78 is 55.7. The van der Waals surface area contributed by atoms with Crippen LogP contribution in [0.25, 0.3) is 0 Å². The lowest BCUT2D eigenvalue weighted by molar-refractivity contribution is -0.116. The fraction of sp³-hybridized carbons (Fsp3) is 0.455. The van der Waals surface area contributed by atoms with Crippen LogP contribution in [0, 0.1) is 17.5 Å². The number of morpholine rings is 1. The van der Waals surface area contributed by atoms with Gasteiger partial charge in [-0.25, -0.2) is 18.0 Å². The summed E-state index contributed by atoms with van der Waals surface area (Å²) >= 11 is 0. The smallest absolute Gasteiger partial charge is 0.407 e. The fourth-order valence-corrected chi connectivity index (χ4v) is 6.15. The highest BCUT2D eigenvalue weighted by Crippen LogP contribution is 2.37. The maximum absolute atomic E-state index is 15.0. The molecule has 0 spiro atoms. The van der Waals surface area contributed by atoms with Crippen LogP contribution in [0.5, 0.6) is 0 Å². The molecule has 0 aliphatic carbocycles. The van der Waals surface area contributed by atoms with E-state index in [-0.39, 0.29) is 60.9 Å². The van der Waals surface area contributed by atoms with Crippen molar-refractivity contribution in [2.45, 2.75) is 76.2 Å². The molecule has 3 unspecified atom stereocenters. The number of rotatable bonds is 11. The number of hydrogen-bond acceptors (Lipinski definition) is 6. The molecule has 1 aliphatic rings. The molecule has 0 saturated carbocycles. The minimum Gasteiger partial charge on any atom is -0.465 e. The number of pyridine rings is 2. The van der Waals surface area contributed by atoms with Crippen LogP contribution in [0.3, 0.4) is 0 Å². The van der Waals surface area contributed by atoms with E-state index >= 15 is 4.39 Å². The van der Waals surface area contributed by atoms with Gasteiger partial charge >= 0.3 is 6.09 Å². The van der Waals surface area contributed by atoms with Crippen molar-refractivity contribution in [2.24, 2.45) is 0 Å². The number of anilines is 1. The van der Waals surface area contributed by atoms with Gasteiger partial charge in [-0.1, -0.05) is 32.9 Å². The third kappa shape index (κ3) is 8.71. The first kappa shape index (κ1) is 35.0. The highest BCUT2D eigenvalue weighted by Gasteiger charge is 2.40. The molecule has 1 saturated heterocycles. The maximum atomic E-state index is 15.0. The van der Waals surface area contributed by atoms with Gasteiger partial charge in [-0.05, 0) is 60.3 Å². The zero-order valence-corrected chi connectivity index (χ0v) is 27.7. The second kappa shape index (κ2) is 14.7. The molecule has 0 bridgehead atoms. The number of carboxylic acid groups (broad SMARTS) is 1. The van der Waals surface area contributed by atoms with Crippen LogP contribution < -0.4 is 5.32 Å². The zero-order chi connectivity index (χ0) is 33.6. The predicted octanol–water partition coefficient (Wildman–Crippen LogP) is 6.76. The van der Waals surface area contributed by atoms with Gasteiger partial charge in [0.15, 0.2) is 8.32 Å². The Hall–Kier alpha value is -3.81. The van der Waals surface area contributed by atoms with Crippen LogP contribution in [0.1, 0.15) is 56.2 Å². The first-order valence-electron chi connectivity index (χ1n) is 15.2. The average Bonchev–Trinajstić information content (AvgIpc) is 2.99. The molecule has 3 aromatic rings. The van der Waals surface area contributed by atoms with Crippen molar-refractivity contribution in [2.75, 3.05) is 25.1 Å². The number of amides is 2. The fourth-order valence-electron chi connectivity index (χ4n) is 5.11. The summed E-state index contributed by atoms with van der Waals surface area (Å²) in [6.45, 7) is 11.0. The molecule has 2 amide bonds. The number of benzene rings is 1. The molecule has 1 fully saturated rings. The average molecular weight is 659 g/mol. The lowest BCUT2D eigenvalue weighted by Gasteiger charge is -2.41. The highest BCUT2D eigenvalue weighted by atomic mass is 28.4. The number of carbonyl (C=O) groups is 2. The van der Waals surface area contributed by atoms with Gasteiger partial charge in [0.05, 0.1) is 56.2 Å². The van der Waals surface area contributed by atoms with Crippen molar-refractivity contribution in [1.82, 2.24) is 14.9 Å². The summed E-state index contributed by atoms with van der Waals surface area (Å²) in [5.74, 6) is -3.02. The van der Waals surface area contributed by atoms with Gasteiger partial charge in [0.2, 0.25) is 5.91 Å². The largest absolute Gasteiger partial charge is 0.465 e. The number of ether oxygens (including phenoxy) is 1. The van der Waals surface area contributed by atoms with E-state index in [0.29, 0.717) is 5.56 Å². The Kier molecular flexibility index (Phi) is 11.2. The minimum atomic E-state index is -2.10. The lowest BCUT2D eigenvalue weighted by Crippen LogP contribution is -2.55. The zero-order valence-electron chi connectivity index (χ0n) is 26.7. The normalized spacial score (nSPS) is 17.9. The first-order chi connectivity index (χ1) is 21.7. The Balaban J connectivity index is 1.43. The summed E-state index contributed by atoms with van der Waals surface area (Å²) in [5, 5.41) is 12.6. The molecule has 3 atom stereocenters. The molecule has 1 aliphatic heterocycles. The minimum absolute atomic E-state index is 0.0298. The molecule has 46 heavy (non-hydrogen) atoms. The second-order valence-electron chi connectivity index (χ2n) is 13.1. The number of halogens is 3. The number of carbonyl (C=O) groups excluding carboxylic acids is 1. The molecule has 4 rings (SSSR count). The van der Waals surface area contributed by atoms with E-state index in [0.717, 1.165) is 12.4 Å². The van der Waals surface area contributed by atoms with Crippen molar-refractivity contribution in [3.63, 3.8) is 0 Å². The van der Waals surface area contributed by atoms with Crippen LogP contribution in [-0.4, -0.2) is 72.2 Å². The Morgan fingerprint density at radius 3 is 2.43 bits per heavy atom.